The SMILES string of the molecule is CN(CC(=O)c1ccc(F)cc1)Cc1ccc(Cl)cc1. The van der Waals surface area contributed by atoms with Crippen LogP contribution in [-0.4, -0.2) is 24.3 Å². The van der Waals surface area contributed by atoms with Crippen molar-refractivity contribution in [3.8, 4) is 0 Å². The summed E-state index contributed by atoms with van der Waals surface area (Å²) in [6, 6.07) is 13.1. The molecule has 0 fully saturated rings. The van der Waals surface area contributed by atoms with Gasteiger partial charge in [-0.15, -0.1) is 0 Å². The fourth-order valence-corrected chi connectivity index (χ4v) is 2.06. The molecular formula is C16H15ClFNO. The van der Waals surface area contributed by atoms with Gasteiger partial charge in [0.1, 0.15) is 5.82 Å². The minimum atomic E-state index is -0.337. The van der Waals surface area contributed by atoms with Crippen molar-refractivity contribution in [2.24, 2.45) is 0 Å². The molecule has 0 spiro atoms. The van der Waals surface area contributed by atoms with Crippen LogP contribution in [0.2, 0.25) is 5.02 Å². The fraction of sp³-hybridized carbons (Fsp3) is 0.188. The van der Waals surface area contributed by atoms with E-state index in [4.69, 9.17) is 11.6 Å². The van der Waals surface area contributed by atoms with E-state index in [9.17, 15) is 9.18 Å². The summed E-state index contributed by atoms with van der Waals surface area (Å²) in [5.74, 6) is -0.363. The van der Waals surface area contributed by atoms with Gasteiger partial charge in [-0.1, -0.05) is 23.7 Å². The summed E-state index contributed by atoms with van der Waals surface area (Å²) < 4.78 is 12.8. The zero-order valence-corrected chi connectivity index (χ0v) is 11.9. The molecule has 2 rings (SSSR count). The lowest BCUT2D eigenvalue weighted by Gasteiger charge is -2.16. The van der Waals surface area contributed by atoms with E-state index < -0.39 is 0 Å². The summed E-state index contributed by atoms with van der Waals surface area (Å²) in [6.07, 6.45) is 0. The van der Waals surface area contributed by atoms with E-state index in [0.717, 1.165) is 5.56 Å². The third kappa shape index (κ3) is 4.15. The summed E-state index contributed by atoms with van der Waals surface area (Å²) in [6.45, 7) is 0.943. The van der Waals surface area contributed by atoms with Crippen LogP contribution in [0.1, 0.15) is 15.9 Å². The molecule has 0 aliphatic rings. The number of carbonyl (C=O) groups excluding carboxylic acids is 1. The van der Waals surface area contributed by atoms with Crippen molar-refractivity contribution in [3.63, 3.8) is 0 Å². The Kier molecular flexibility index (Phi) is 4.88. The van der Waals surface area contributed by atoms with Crippen LogP contribution in [0, 0.1) is 5.82 Å². The smallest absolute Gasteiger partial charge is 0.176 e. The Morgan fingerprint density at radius 2 is 1.70 bits per heavy atom. The number of halogens is 2. The maximum absolute atomic E-state index is 12.8. The Bertz CT molecular complexity index is 580. The highest BCUT2D eigenvalue weighted by atomic mass is 35.5. The molecule has 2 aromatic carbocycles. The number of hydrogen-bond donors (Lipinski definition) is 0. The average Bonchev–Trinajstić information content (AvgIpc) is 2.42. The monoisotopic (exact) mass is 291 g/mol. The number of ketones is 1. The maximum Gasteiger partial charge on any atom is 0.176 e. The highest BCUT2D eigenvalue weighted by Crippen LogP contribution is 2.11. The molecule has 2 aromatic rings. The maximum atomic E-state index is 12.8. The molecule has 0 amide bonds. The third-order valence-corrected chi connectivity index (χ3v) is 3.20. The summed E-state index contributed by atoms with van der Waals surface area (Å²) in [5, 5.41) is 0.693. The molecule has 20 heavy (non-hydrogen) atoms. The first-order valence-electron chi connectivity index (χ1n) is 6.26. The Morgan fingerprint density at radius 3 is 2.30 bits per heavy atom. The van der Waals surface area contributed by atoms with E-state index in [1.54, 1.807) is 0 Å². The first kappa shape index (κ1) is 14.7. The van der Waals surface area contributed by atoms with Crippen LogP contribution in [0.5, 0.6) is 0 Å². The molecule has 0 heterocycles. The molecule has 0 atom stereocenters. The van der Waals surface area contributed by atoms with Crippen molar-refractivity contribution in [3.05, 3.63) is 70.5 Å². The molecule has 2 nitrogen and oxygen atoms in total. The van der Waals surface area contributed by atoms with Crippen LogP contribution >= 0.6 is 11.6 Å². The van der Waals surface area contributed by atoms with Gasteiger partial charge in [0.2, 0.25) is 0 Å². The second-order valence-electron chi connectivity index (χ2n) is 4.73. The van der Waals surface area contributed by atoms with Crippen LogP contribution < -0.4 is 0 Å². The van der Waals surface area contributed by atoms with Gasteiger partial charge >= 0.3 is 0 Å². The lowest BCUT2D eigenvalue weighted by molar-refractivity contribution is 0.0943. The predicted molar refractivity (Wildman–Crippen MR) is 78.5 cm³/mol. The number of nitrogens with zero attached hydrogens (tertiary/aromatic N) is 1. The van der Waals surface area contributed by atoms with Crippen LogP contribution in [0.25, 0.3) is 0 Å². The van der Waals surface area contributed by atoms with Crippen LogP contribution in [-0.2, 0) is 6.54 Å². The Labute approximate surface area is 122 Å². The minimum absolute atomic E-state index is 0.0264. The van der Waals surface area contributed by atoms with E-state index in [1.165, 1.54) is 24.3 Å². The lowest BCUT2D eigenvalue weighted by Crippen LogP contribution is -2.25. The van der Waals surface area contributed by atoms with Gasteiger partial charge in [-0.25, -0.2) is 4.39 Å². The highest BCUT2D eigenvalue weighted by Gasteiger charge is 2.09. The molecule has 0 aliphatic heterocycles. The molecule has 0 radical (unpaired) electrons. The minimum Gasteiger partial charge on any atom is -0.295 e. The van der Waals surface area contributed by atoms with Gasteiger partial charge in [0.15, 0.2) is 5.78 Å². The first-order valence-corrected chi connectivity index (χ1v) is 6.64. The van der Waals surface area contributed by atoms with Crippen molar-refractivity contribution >= 4 is 17.4 Å². The molecule has 0 saturated carbocycles. The first-order chi connectivity index (χ1) is 9.54. The second-order valence-corrected chi connectivity index (χ2v) is 5.17. The number of likely N-dealkylation sites (N-methyl/N-ethyl adjacent to an activating group) is 1. The van der Waals surface area contributed by atoms with Crippen molar-refractivity contribution in [1.29, 1.82) is 0 Å². The molecule has 0 aliphatic carbocycles. The normalized spacial score (nSPS) is 10.8. The molecule has 0 N–H and O–H groups in total. The van der Waals surface area contributed by atoms with Crippen molar-refractivity contribution < 1.29 is 9.18 Å². The molecule has 0 bridgehead atoms. The third-order valence-electron chi connectivity index (χ3n) is 2.95. The summed E-state index contributed by atoms with van der Waals surface area (Å²) in [5.41, 5.74) is 1.61. The molecule has 0 unspecified atom stereocenters. The van der Waals surface area contributed by atoms with E-state index in [2.05, 4.69) is 0 Å². The van der Waals surface area contributed by atoms with Gasteiger partial charge in [-0.05, 0) is 49.0 Å². The van der Waals surface area contributed by atoms with Crippen molar-refractivity contribution in [2.75, 3.05) is 13.6 Å². The predicted octanol–water partition coefficient (Wildman–Crippen LogP) is 3.79. The van der Waals surface area contributed by atoms with Crippen LogP contribution in [0.15, 0.2) is 48.5 Å². The molecule has 0 aromatic heterocycles. The van der Waals surface area contributed by atoms with Crippen LogP contribution in [0.3, 0.4) is 0 Å². The average molecular weight is 292 g/mol. The van der Waals surface area contributed by atoms with E-state index >= 15 is 0 Å². The largest absolute Gasteiger partial charge is 0.295 e. The number of benzene rings is 2. The second kappa shape index (κ2) is 6.64. The van der Waals surface area contributed by atoms with Gasteiger partial charge in [-0.2, -0.15) is 0 Å². The summed E-state index contributed by atoms with van der Waals surface area (Å²) in [4.78, 5) is 13.9. The zero-order valence-electron chi connectivity index (χ0n) is 11.1. The summed E-state index contributed by atoms with van der Waals surface area (Å²) >= 11 is 5.83. The van der Waals surface area contributed by atoms with Gasteiger partial charge < -0.3 is 0 Å². The molecule has 0 saturated heterocycles. The standard InChI is InChI=1S/C16H15ClFNO/c1-19(10-12-2-6-14(17)7-3-12)11-16(20)13-4-8-15(18)9-5-13/h2-9H,10-11H2,1H3. The number of rotatable bonds is 5. The topological polar surface area (TPSA) is 20.3 Å². The number of hydrogen-bond acceptors (Lipinski definition) is 2. The van der Waals surface area contributed by atoms with Gasteiger partial charge in [0.05, 0.1) is 6.54 Å². The molecule has 4 heteroatoms. The summed E-state index contributed by atoms with van der Waals surface area (Å²) in [7, 11) is 1.87. The van der Waals surface area contributed by atoms with Gasteiger partial charge in [-0.3, -0.25) is 9.69 Å². The quantitative estimate of drug-likeness (QED) is 0.781. The Hall–Kier alpha value is -1.71. The van der Waals surface area contributed by atoms with Crippen molar-refractivity contribution in [2.45, 2.75) is 6.54 Å². The van der Waals surface area contributed by atoms with E-state index in [-0.39, 0.29) is 18.1 Å². The lowest BCUT2D eigenvalue weighted by atomic mass is 10.1. The Morgan fingerprint density at radius 1 is 1.10 bits per heavy atom. The molecule has 104 valence electrons. The van der Waals surface area contributed by atoms with Gasteiger partial charge in [0.25, 0.3) is 0 Å². The Balaban J connectivity index is 1.93. The number of Topliss-reactive ketones (excluding diaryl/α,β-unsaturated/α-hetero) is 1. The van der Waals surface area contributed by atoms with Gasteiger partial charge in [0, 0.05) is 17.1 Å². The zero-order chi connectivity index (χ0) is 14.5. The van der Waals surface area contributed by atoms with Crippen LogP contribution in [0.4, 0.5) is 4.39 Å². The van der Waals surface area contributed by atoms with E-state index in [0.29, 0.717) is 17.1 Å². The fourth-order valence-electron chi connectivity index (χ4n) is 1.93. The number of carbonyl (C=O) groups is 1. The van der Waals surface area contributed by atoms with E-state index in [1.807, 2.05) is 36.2 Å². The van der Waals surface area contributed by atoms with Crippen molar-refractivity contribution in [1.82, 2.24) is 4.90 Å². The highest BCUT2D eigenvalue weighted by molar-refractivity contribution is 6.30. The molecular weight excluding hydrogens is 277 g/mol.